The number of aromatic nitrogens is 2. The minimum atomic E-state index is -3.44. The summed E-state index contributed by atoms with van der Waals surface area (Å²) < 4.78 is 57.0. The Labute approximate surface area is 277 Å². The average molecular weight is 675 g/mol. The van der Waals surface area contributed by atoms with Crippen LogP contribution in [0.3, 0.4) is 0 Å². The van der Waals surface area contributed by atoms with Crippen LogP contribution in [0.25, 0.3) is 10.9 Å². The molecular weight excluding hydrogens is 643 g/mol. The van der Waals surface area contributed by atoms with Crippen LogP contribution in [-0.2, 0) is 26.8 Å². The highest BCUT2D eigenvalue weighted by Gasteiger charge is 2.38. The Morgan fingerprint density at radius 3 is 2.60 bits per heavy atom. The van der Waals surface area contributed by atoms with Gasteiger partial charge in [0.25, 0.3) is 0 Å². The molecule has 0 bridgehead atoms. The van der Waals surface area contributed by atoms with Gasteiger partial charge < -0.3 is 24.8 Å². The van der Waals surface area contributed by atoms with Crippen molar-refractivity contribution in [3.63, 3.8) is 0 Å². The first-order valence-corrected chi connectivity index (χ1v) is 16.9. The van der Waals surface area contributed by atoms with E-state index in [1.165, 1.54) is 18.5 Å². The number of anilines is 2. The van der Waals surface area contributed by atoms with Gasteiger partial charge in [-0.1, -0.05) is 41.9 Å². The third-order valence-electron chi connectivity index (χ3n) is 7.82. The van der Waals surface area contributed by atoms with Gasteiger partial charge in [0.15, 0.2) is 15.4 Å². The van der Waals surface area contributed by atoms with E-state index in [1.54, 1.807) is 68.0 Å². The first kappa shape index (κ1) is 32.2. The highest BCUT2D eigenvalue weighted by Crippen LogP contribution is 2.42. The normalized spacial score (nSPS) is 15.8. The van der Waals surface area contributed by atoms with Crippen molar-refractivity contribution >= 4 is 43.8 Å². The van der Waals surface area contributed by atoms with Crippen LogP contribution >= 0.6 is 11.6 Å². The average Bonchev–Trinajstić information content (AvgIpc) is 3.56. The largest absolute Gasteiger partial charge is 0.496 e. The second kappa shape index (κ2) is 14.0. The molecular formula is C35H32ClFN4O5S. The Hall–Kier alpha value is -4.71. The summed E-state index contributed by atoms with van der Waals surface area (Å²) in [6, 6.07) is 23.6. The molecule has 1 aliphatic rings. The molecule has 1 aliphatic heterocycles. The van der Waals surface area contributed by atoms with Crippen LogP contribution in [0.4, 0.5) is 15.9 Å². The lowest BCUT2D eigenvalue weighted by atomic mass is 9.89. The van der Waals surface area contributed by atoms with Crippen LogP contribution in [0.2, 0.25) is 5.02 Å². The summed E-state index contributed by atoms with van der Waals surface area (Å²) >= 11 is 6.55. The lowest BCUT2D eigenvalue weighted by molar-refractivity contribution is 0.0396. The molecule has 0 spiro atoms. The fourth-order valence-electron chi connectivity index (χ4n) is 5.42. The fraction of sp³-hybridized carbons (Fsp3) is 0.200. The molecule has 0 amide bonds. The second-order valence-electron chi connectivity index (χ2n) is 11.0. The molecule has 242 valence electrons. The van der Waals surface area contributed by atoms with Crippen molar-refractivity contribution in [1.82, 2.24) is 15.3 Å². The Bertz CT molecular complexity index is 2020. The van der Waals surface area contributed by atoms with E-state index in [-0.39, 0.29) is 24.7 Å². The first-order chi connectivity index (χ1) is 22.8. The summed E-state index contributed by atoms with van der Waals surface area (Å²) in [5, 5.41) is 7.71. The summed E-state index contributed by atoms with van der Waals surface area (Å²) in [7, 11) is -1.86. The highest BCUT2D eigenvalue weighted by molar-refractivity contribution is 7.91. The molecule has 47 heavy (non-hydrogen) atoms. The van der Waals surface area contributed by atoms with Crippen molar-refractivity contribution in [3.05, 3.63) is 126 Å². The number of methoxy groups -OCH3 is 1. The number of nitrogens with zero attached hydrogens (tertiary/aromatic N) is 2. The molecule has 9 nitrogen and oxygen atoms in total. The number of hydrogen-bond acceptors (Lipinski definition) is 9. The summed E-state index contributed by atoms with van der Waals surface area (Å²) in [5.41, 5.74) is 1.90. The molecule has 0 aliphatic carbocycles. The minimum absolute atomic E-state index is 0.0610. The van der Waals surface area contributed by atoms with Gasteiger partial charge in [-0.2, -0.15) is 0 Å². The molecule has 0 saturated heterocycles. The van der Waals surface area contributed by atoms with E-state index in [1.807, 2.05) is 24.3 Å². The van der Waals surface area contributed by atoms with Gasteiger partial charge in [0, 0.05) is 42.2 Å². The standard InChI is InChI=1S/C35H32ClFN4O5S/c1-44-33-20-31-28(19-29(33)35(13-6-15-46-35)22-38-14-16-47(42,43)27-9-3-2-4-10-27)34(40-23-39-31)41-26-11-12-32(30(36)18-26)45-21-24-7-5-8-25(37)17-24/h2-12,15,17-20,23,38H,13-14,16,21-22H2,1H3,(H,39,40,41). The molecule has 0 fully saturated rings. The zero-order chi connectivity index (χ0) is 32.9. The molecule has 2 heterocycles. The lowest BCUT2D eigenvalue weighted by Gasteiger charge is -2.31. The number of sulfone groups is 1. The Morgan fingerprint density at radius 1 is 1.00 bits per heavy atom. The number of rotatable bonds is 13. The predicted molar refractivity (Wildman–Crippen MR) is 179 cm³/mol. The van der Waals surface area contributed by atoms with Crippen LogP contribution < -0.4 is 20.1 Å². The lowest BCUT2D eigenvalue weighted by Crippen LogP contribution is -2.39. The number of ether oxygens (including phenoxy) is 3. The molecule has 0 radical (unpaired) electrons. The quantitative estimate of drug-likeness (QED) is 0.128. The molecule has 1 aromatic heterocycles. The third-order valence-corrected chi connectivity index (χ3v) is 9.85. The van der Waals surface area contributed by atoms with Gasteiger partial charge in [0.1, 0.15) is 36.1 Å². The van der Waals surface area contributed by atoms with Crippen LogP contribution in [0.15, 0.2) is 108 Å². The van der Waals surface area contributed by atoms with Gasteiger partial charge in [-0.25, -0.2) is 22.8 Å². The van der Waals surface area contributed by atoms with Gasteiger partial charge in [0.05, 0.1) is 34.6 Å². The number of nitrogens with one attached hydrogen (secondary N) is 2. The molecule has 12 heteroatoms. The Balaban J connectivity index is 1.22. The van der Waals surface area contributed by atoms with Crippen LogP contribution in [0, 0.1) is 5.82 Å². The summed E-state index contributed by atoms with van der Waals surface area (Å²) in [6.45, 7) is 0.730. The van der Waals surface area contributed by atoms with Gasteiger partial charge in [-0.3, -0.25) is 0 Å². The molecule has 4 aromatic carbocycles. The van der Waals surface area contributed by atoms with Gasteiger partial charge in [0.2, 0.25) is 0 Å². The maximum atomic E-state index is 13.5. The Morgan fingerprint density at radius 2 is 1.85 bits per heavy atom. The SMILES string of the molecule is COc1cc2ncnc(Nc3ccc(OCc4cccc(F)c4)c(Cl)c3)c2cc1C1(CNCCS(=O)(=O)c2ccccc2)CC=CO1. The third kappa shape index (κ3) is 7.32. The van der Waals surface area contributed by atoms with Crippen molar-refractivity contribution in [2.45, 2.75) is 23.5 Å². The van der Waals surface area contributed by atoms with Gasteiger partial charge in [-0.15, -0.1) is 0 Å². The van der Waals surface area contributed by atoms with E-state index < -0.39 is 15.4 Å². The molecule has 2 N–H and O–H groups in total. The van der Waals surface area contributed by atoms with Crippen LogP contribution in [0.5, 0.6) is 11.5 Å². The van der Waals surface area contributed by atoms with Gasteiger partial charge >= 0.3 is 0 Å². The molecule has 5 aromatic rings. The zero-order valence-corrected chi connectivity index (χ0v) is 27.0. The minimum Gasteiger partial charge on any atom is -0.496 e. The van der Waals surface area contributed by atoms with Crippen molar-refractivity contribution in [2.75, 3.05) is 31.3 Å². The predicted octanol–water partition coefficient (Wildman–Crippen LogP) is 6.95. The summed E-state index contributed by atoms with van der Waals surface area (Å²) in [5.74, 6) is 1.17. The fourth-order valence-corrected chi connectivity index (χ4v) is 6.87. The van der Waals surface area contributed by atoms with E-state index in [0.717, 1.165) is 5.56 Å². The highest BCUT2D eigenvalue weighted by atomic mass is 35.5. The van der Waals surface area contributed by atoms with Crippen molar-refractivity contribution in [3.8, 4) is 11.5 Å². The van der Waals surface area contributed by atoms with Crippen molar-refractivity contribution in [2.24, 2.45) is 0 Å². The smallest absolute Gasteiger partial charge is 0.179 e. The van der Waals surface area contributed by atoms with Crippen LogP contribution in [0.1, 0.15) is 17.5 Å². The summed E-state index contributed by atoms with van der Waals surface area (Å²) in [4.78, 5) is 9.26. The first-order valence-electron chi connectivity index (χ1n) is 14.8. The maximum Gasteiger partial charge on any atom is 0.179 e. The van der Waals surface area contributed by atoms with E-state index in [9.17, 15) is 12.8 Å². The van der Waals surface area contributed by atoms with Crippen molar-refractivity contribution in [1.29, 1.82) is 0 Å². The Kier molecular flexibility index (Phi) is 9.58. The summed E-state index contributed by atoms with van der Waals surface area (Å²) in [6.07, 6.45) is 5.57. The van der Waals surface area contributed by atoms with E-state index in [0.29, 0.717) is 62.4 Å². The van der Waals surface area contributed by atoms with Gasteiger partial charge in [-0.05, 0) is 60.2 Å². The van der Waals surface area contributed by atoms with E-state index >= 15 is 0 Å². The monoisotopic (exact) mass is 674 g/mol. The van der Waals surface area contributed by atoms with E-state index in [4.69, 9.17) is 25.8 Å². The number of fused-ring (bicyclic) bond motifs is 1. The molecule has 0 saturated carbocycles. The van der Waals surface area contributed by atoms with Crippen LogP contribution in [-0.4, -0.2) is 44.3 Å². The van der Waals surface area contributed by atoms with Crippen molar-refractivity contribution < 1.29 is 27.0 Å². The molecule has 6 rings (SSSR count). The number of benzene rings is 4. The maximum absolute atomic E-state index is 13.5. The zero-order valence-electron chi connectivity index (χ0n) is 25.5. The topological polar surface area (TPSA) is 112 Å². The number of halogens is 2. The number of hydrogen-bond donors (Lipinski definition) is 2. The van der Waals surface area contributed by atoms with E-state index in [2.05, 4.69) is 20.6 Å². The molecule has 1 atom stereocenters. The molecule has 1 unspecified atom stereocenters. The second-order valence-corrected chi connectivity index (χ2v) is 13.5.